The summed E-state index contributed by atoms with van der Waals surface area (Å²) in [5, 5.41) is 19.2. The summed E-state index contributed by atoms with van der Waals surface area (Å²) in [6, 6.07) is 3.35. The maximum atomic E-state index is 11.9. The van der Waals surface area contributed by atoms with Crippen LogP contribution in [0.25, 0.3) is 0 Å². The van der Waals surface area contributed by atoms with Crippen LogP contribution in [0.3, 0.4) is 0 Å². The monoisotopic (exact) mass is 306 g/mol. The molecular formula is C15H22N4O3. The fourth-order valence-electron chi connectivity index (χ4n) is 2.12. The van der Waals surface area contributed by atoms with E-state index in [2.05, 4.69) is 15.7 Å². The van der Waals surface area contributed by atoms with Crippen molar-refractivity contribution in [3.63, 3.8) is 0 Å². The zero-order valence-corrected chi connectivity index (χ0v) is 12.9. The summed E-state index contributed by atoms with van der Waals surface area (Å²) < 4.78 is 7.01. The Bertz CT molecular complexity index is 592. The summed E-state index contributed by atoms with van der Waals surface area (Å²) in [5.41, 5.74) is 1.46. The number of hydrogen-bond acceptors (Lipinski definition) is 4. The van der Waals surface area contributed by atoms with E-state index in [4.69, 9.17) is 4.42 Å². The fraction of sp³-hybridized carbons (Fsp3) is 0.467. The predicted octanol–water partition coefficient (Wildman–Crippen LogP) is 1.78. The van der Waals surface area contributed by atoms with E-state index in [1.807, 2.05) is 19.9 Å². The van der Waals surface area contributed by atoms with Gasteiger partial charge < -0.3 is 20.2 Å². The van der Waals surface area contributed by atoms with Gasteiger partial charge in [0, 0.05) is 38.2 Å². The Labute approximate surface area is 129 Å². The second-order valence-corrected chi connectivity index (χ2v) is 5.15. The second-order valence-electron chi connectivity index (χ2n) is 5.15. The van der Waals surface area contributed by atoms with Gasteiger partial charge >= 0.3 is 6.03 Å². The Kier molecular flexibility index (Phi) is 5.60. The Hall–Kier alpha value is -2.28. The van der Waals surface area contributed by atoms with Crippen LogP contribution in [0.2, 0.25) is 0 Å². The summed E-state index contributed by atoms with van der Waals surface area (Å²) in [6.45, 7) is 4.92. The number of urea groups is 1. The lowest BCUT2D eigenvalue weighted by Gasteiger charge is -2.14. The van der Waals surface area contributed by atoms with Crippen molar-refractivity contribution >= 4 is 11.7 Å². The zero-order chi connectivity index (χ0) is 15.9. The van der Waals surface area contributed by atoms with E-state index >= 15 is 0 Å². The Morgan fingerprint density at radius 3 is 2.95 bits per heavy atom. The molecule has 0 aliphatic carbocycles. The van der Waals surface area contributed by atoms with Crippen molar-refractivity contribution in [3.05, 3.63) is 36.0 Å². The molecule has 0 aliphatic heterocycles. The molecule has 22 heavy (non-hydrogen) atoms. The molecule has 2 heterocycles. The standard InChI is InChI=1S/C15H22N4O3/c1-3-19-9-14(11(2)18-19)17-15(21)16-8-12(10-20)7-13-5-4-6-22-13/h4-6,9,12,20H,3,7-8,10H2,1-2H3,(H2,16,17,21). The molecule has 0 saturated heterocycles. The number of aliphatic hydroxyl groups excluding tert-OH is 1. The molecule has 1 atom stereocenters. The Balaban J connectivity index is 1.82. The molecule has 1 unspecified atom stereocenters. The highest BCUT2D eigenvalue weighted by atomic mass is 16.3. The number of nitrogens with one attached hydrogen (secondary N) is 2. The van der Waals surface area contributed by atoms with Crippen molar-refractivity contribution in [2.24, 2.45) is 5.92 Å². The highest BCUT2D eigenvalue weighted by molar-refractivity contribution is 5.89. The predicted molar refractivity (Wildman–Crippen MR) is 82.6 cm³/mol. The number of carbonyl (C=O) groups is 1. The lowest BCUT2D eigenvalue weighted by Crippen LogP contribution is -2.35. The first-order chi connectivity index (χ1) is 10.6. The highest BCUT2D eigenvalue weighted by Gasteiger charge is 2.13. The van der Waals surface area contributed by atoms with Crippen LogP contribution in [0.4, 0.5) is 10.5 Å². The van der Waals surface area contributed by atoms with Gasteiger partial charge in [-0.05, 0) is 26.0 Å². The molecule has 3 N–H and O–H groups in total. The first-order valence-corrected chi connectivity index (χ1v) is 7.34. The van der Waals surface area contributed by atoms with Gasteiger partial charge in [0.05, 0.1) is 17.6 Å². The highest BCUT2D eigenvalue weighted by Crippen LogP contribution is 2.12. The summed E-state index contributed by atoms with van der Waals surface area (Å²) in [6.07, 6.45) is 3.97. The van der Waals surface area contributed by atoms with Gasteiger partial charge in [-0.3, -0.25) is 4.68 Å². The molecular weight excluding hydrogens is 284 g/mol. The molecule has 0 spiro atoms. The van der Waals surface area contributed by atoms with E-state index < -0.39 is 0 Å². The second kappa shape index (κ2) is 7.65. The number of rotatable bonds is 7. The number of hydrogen-bond donors (Lipinski definition) is 3. The molecule has 0 aliphatic rings. The van der Waals surface area contributed by atoms with Gasteiger partial charge in [0.1, 0.15) is 5.76 Å². The third-order valence-electron chi connectivity index (χ3n) is 3.40. The van der Waals surface area contributed by atoms with Crippen molar-refractivity contribution in [1.82, 2.24) is 15.1 Å². The van der Waals surface area contributed by atoms with Crippen LogP contribution in [-0.4, -0.2) is 34.1 Å². The van der Waals surface area contributed by atoms with Crippen molar-refractivity contribution < 1.29 is 14.3 Å². The van der Waals surface area contributed by atoms with Crippen LogP contribution < -0.4 is 10.6 Å². The molecule has 2 aromatic heterocycles. The zero-order valence-electron chi connectivity index (χ0n) is 12.9. The minimum atomic E-state index is -0.309. The molecule has 7 nitrogen and oxygen atoms in total. The Morgan fingerprint density at radius 2 is 2.36 bits per heavy atom. The van der Waals surface area contributed by atoms with Crippen LogP contribution in [0.1, 0.15) is 18.4 Å². The first kappa shape index (κ1) is 16.1. The summed E-state index contributed by atoms with van der Waals surface area (Å²) in [4.78, 5) is 11.9. The van der Waals surface area contributed by atoms with Gasteiger partial charge in [-0.25, -0.2) is 4.79 Å². The van der Waals surface area contributed by atoms with Gasteiger partial charge in [0.25, 0.3) is 0 Å². The van der Waals surface area contributed by atoms with E-state index in [0.29, 0.717) is 18.7 Å². The van der Waals surface area contributed by atoms with Crippen LogP contribution in [0.5, 0.6) is 0 Å². The van der Waals surface area contributed by atoms with E-state index in [-0.39, 0.29) is 18.6 Å². The van der Waals surface area contributed by atoms with Gasteiger partial charge in [0.15, 0.2) is 0 Å². The summed E-state index contributed by atoms with van der Waals surface area (Å²) in [5.74, 6) is 0.706. The normalized spacial score (nSPS) is 12.1. The van der Waals surface area contributed by atoms with E-state index in [0.717, 1.165) is 18.0 Å². The fourth-order valence-corrected chi connectivity index (χ4v) is 2.12. The van der Waals surface area contributed by atoms with E-state index in [1.54, 1.807) is 23.2 Å². The summed E-state index contributed by atoms with van der Waals surface area (Å²) >= 11 is 0. The molecule has 7 heteroatoms. The lowest BCUT2D eigenvalue weighted by molar-refractivity contribution is 0.213. The molecule has 0 fully saturated rings. The molecule has 120 valence electrons. The van der Waals surface area contributed by atoms with Crippen molar-refractivity contribution in [1.29, 1.82) is 0 Å². The van der Waals surface area contributed by atoms with Crippen molar-refractivity contribution in [3.8, 4) is 0 Å². The molecule has 2 rings (SSSR count). The maximum absolute atomic E-state index is 11.9. The number of furan rings is 1. The Morgan fingerprint density at radius 1 is 1.55 bits per heavy atom. The van der Waals surface area contributed by atoms with Gasteiger partial charge in [-0.1, -0.05) is 0 Å². The van der Waals surface area contributed by atoms with Crippen LogP contribution in [-0.2, 0) is 13.0 Å². The van der Waals surface area contributed by atoms with Gasteiger partial charge in [-0.15, -0.1) is 0 Å². The van der Waals surface area contributed by atoms with Gasteiger partial charge in [-0.2, -0.15) is 5.10 Å². The van der Waals surface area contributed by atoms with E-state index in [9.17, 15) is 9.90 Å². The molecule has 0 aromatic carbocycles. The number of aromatic nitrogens is 2. The SMILES string of the molecule is CCn1cc(NC(=O)NCC(CO)Cc2ccco2)c(C)n1. The first-order valence-electron chi connectivity index (χ1n) is 7.34. The third kappa shape index (κ3) is 4.36. The van der Waals surface area contributed by atoms with Crippen molar-refractivity contribution in [2.75, 3.05) is 18.5 Å². The van der Waals surface area contributed by atoms with Gasteiger partial charge in [0.2, 0.25) is 0 Å². The van der Waals surface area contributed by atoms with Crippen molar-refractivity contribution in [2.45, 2.75) is 26.8 Å². The third-order valence-corrected chi connectivity index (χ3v) is 3.40. The number of aliphatic hydroxyl groups is 1. The van der Waals surface area contributed by atoms with Crippen LogP contribution in [0.15, 0.2) is 29.0 Å². The number of carbonyl (C=O) groups excluding carboxylic acids is 1. The molecule has 2 amide bonds. The number of aryl methyl sites for hydroxylation is 2. The topological polar surface area (TPSA) is 92.3 Å². The summed E-state index contributed by atoms with van der Waals surface area (Å²) in [7, 11) is 0. The number of anilines is 1. The average Bonchev–Trinajstić information content (AvgIpc) is 3.13. The van der Waals surface area contributed by atoms with Crippen LogP contribution in [0, 0.1) is 12.8 Å². The minimum Gasteiger partial charge on any atom is -0.469 e. The van der Waals surface area contributed by atoms with Crippen LogP contribution >= 0.6 is 0 Å². The number of amides is 2. The smallest absolute Gasteiger partial charge is 0.319 e. The maximum Gasteiger partial charge on any atom is 0.319 e. The largest absolute Gasteiger partial charge is 0.469 e. The minimum absolute atomic E-state index is 0.0201. The molecule has 0 bridgehead atoms. The lowest BCUT2D eigenvalue weighted by atomic mass is 10.1. The average molecular weight is 306 g/mol. The van der Waals surface area contributed by atoms with E-state index in [1.165, 1.54) is 0 Å². The quantitative estimate of drug-likeness (QED) is 0.727. The molecule has 0 radical (unpaired) electrons. The molecule has 2 aromatic rings. The number of nitrogens with zero attached hydrogens (tertiary/aromatic N) is 2. The molecule has 0 saturated carbocycles.